The smallest absolute Gasteiger partial charge is 0.455 e. The summed E-state index contributed by atoms with van der Waals surface area (Å²) in [5.74, 6) is 0.796. The highest BCUT2D eigenvalue weighted by Crippen LogP contribution is 2.47. The second-order valence-electron chi connectivity index (χ2n) is 4.94. The fraction of sp³-hybridized carbons (Fsp3) is 0. The molecule has 1 aliphatic rings. The summed E-state index contributed by atoms with van der Waals surface area (Å²) < 4.78 is 27.4. The molecule has 0 saturated carbocycles. The van der Waals surface area contributed by atoms with Gasteiger partial charge in [-0.15, -0.1) is 0 Å². The van der Waals surface area contributed by atoms with E-state index in [0.29, 0.717) is 0 Å². The molecule has 2 aromatic carbocycles. The third kappa shape index (κ3) is 1.95. The van der Waals surface area contributed by atoms with Gasteiger partial charge >= 0.3 is 15.4 Å². The lowest BCUT2D eigenvalue weighted by atomic mass is 9.82. The molecule has 1 unspecified atom stereocenters. The third-order valence-electron chi connectivity index (χ3n) is 3.69. The van der Waals surface area contributed by atoms with Crippen LogP contribution in [0.3, 0.4) is 0 Å². The molecule has 0 heterocycles. The van der Waals surface area contributed by atoms with Gasteiger partial charge in [-0.1, -0.05) is 24.3 Å². The number of fused-ring (bicyclic) bond motifs is 2. The van der Waals surface area contributed by atoms with Crippen LogP contribution in [0.1, 0.15) is 31.8 Å². The van der Waals surface area contributed by atoms with E-state index in [1.165, 1.54) is 24.3 Å². The molecule has 123 valence electrons. The van der Waals surface area contributed by atoms with Gasteiger partial charge in [0.2, 0.25) is 5.75 Å². The molecule has 0 spiro atoms. The van der Waals surface area contributed by atoms with Crippen LogP contribution in [-0.4, -0.2) is 21.8 Å². The maximum atomic E-state index is 12.6. The average Bonchev–Trinajstić information content (AvgIpc) is 2.56. The second-order valence-corrected chi connectivity index (χ2v) is 6.45. The number of phenols is 2. The Morgan fingerprint density at radius 2 is 1.46 bits per heavy atom. The van der Waals surface area contributed by atoms with Crippen molar-refractivity contribution in [3.63, 3.8) is 0 Å². The van der Waals surface area contributed by atoms with Crippen LogP contribution in [0.25, 0.3) is 0 Å². The van der Waals surface area contributed by atoms with Gasteiger partial charge in [0, 0.05) is 11.1 Å². The van der Waals surface area contributed by atoms with Crippen LogP contribution in [0.4, 0.5) is 5.69 Å². The maximum Gasteiger partial charge on any atom is 0.455 e. The molecule has 0 bridgehead atoms. The fourth-order valence-electron chi connectivity index (χ4n) is 2.61. The van der Waals surface area contributed by atoms with Gasteiger partial charge in [0.15, 0.2) is 17.3 Å². The molecule has 6 N–H and O–H groups in total. The predicted octanol–water partition coefficient (Wildman–Crippen LogP) is 0.465. The van der Waals surface area contributed by atoms with Crippen molar-refractivity contribution >= 4 is 27.7 Å². The highest BCUT2D eigenvalue weighted by molar-refractivity contribution is 7.93. The Labute approximate surface area is 135 Å². The molecule has 1 aliphatic carbocycles. The quantitative estimate of drug-likeness (QED) is 0.170. The molecule has 0 amide bonds. The summed E-state index contributed by atoms with van der Waals surface area (Å²) in [5, 5.41) is 20.2. The van der Waals surface area contributed by atoms with Crippen LogP contribution in [0, 0.1) is 0 Å². The number of phenolic OH excluding ortho intramolecular Hbond substituents is 2. The molecule has 9 nitrogen and oxygen atoms in total. The Balaban J connectivity index is 2.45. The summed E-state index contributed by atoms with van der Waals surface area (Å²) in [4.78, 5) is 24.0. The van der Waals surface area contributed by atoms with Gasteiger partial charge in [-0.25, -0.2) is 0 Å². The van der Waals surface area contributed by atoms with Crippen molar-refractivity contribution in [2.75, 3.05) is 5.73 Å². The van der Waals surface area contributed by atoms with Crippen LogP contribution in [0.2, 0.25) is 0 Å². The van der Waals surface area contributed by atoms with E-state index in [-0.39, 0.29) is 11.1 Å². The number of anilines is 1. The Morgan fingerprint density at radius 1 is 0.958 bits per heavy atom. The second kappa shape index (κ2) is 5.11. The molecule has 10 heteroatoms. The molecule has 2 aromatic rings. The van der Waals surface area contributed by atoms with Crippen LogP contribution in [0.15, 0.2) is 29.2 Å². The van der Waals surface area contributed by atoms with E-state index in [9.17, 15) is 28.6 Å². The highest BCUT2D eigenvalue weighted by atomic mass is 32.3. The van der Waals surface area contributed by atoms with Gasteiger partial charge < -0.3 is 15.9 Å². The number of carbonyl (C=O) groups is 2. The Bertz CT molecular complexity index is 970. The van der Waals surface area contributed by atoms with Gasteiger partial charge in [0.05, 0.1) is 21.4 Å². The molecule has 0 aromatic heterocycles. The molecule has 0 fully saturated rings. The molecule has 1 atom stereocenters. The van der Waals surface area contributed by atoms with Gasteiger partial charge in [-0.3, -0.25) is 9.59 Å². The van der Waals surface area contributed by atoms with Crippen molar-refractivity contribution in [1.29, 1.82) is 0 Å². The van der Waals surface area contributed by atoms with Crippen LogP contribution >= 0.6 is 0 Å². The monoisotopic (exact) mass is 350 g/mol. The topological polar surface area (TPSA) is 173 Å². The molecule has 24 heavy (non-hydrogen) atoms. The standard InChI is InChI=1S/C14H10N2O7S/c15-9-7-8(12(19)14(13(9)20)24(21,22)23-16)11(18)6-4-2-1-3-5(6)10(7)17/h1-4,19-20H,15-16H2/q+1. The van der Waals surface area contributed by atoms with Gasteiger partial charge in [0.1, 0.15) is 0 Å². The minimum Gasteiger partial charge on any atom is -0.503 e. The average molecular weight is 350 g/mol. The molecular formula is C14H10N2O7S+. The number of carbonyl (C=O) groups excluding carboxylic acids is 2. The van der Waals surface area contributed by atoms with Crippen molar-refractivity contribution in [3.8, 4) is 11.5 Å². The third-order valence-corrected chi connectivity index (χ3v) is 4.83. The zero-order valence-corrected chi connectivity index (χ0v) is 12.6. The first-order valence-corrected chi connectivity index (χ1v) is 7.82. The minimum absolute atomic E-state index is 0.0196. The van der Waals surface area contributed by atoms with Gasteiger partial charge in [-0.2, -0.15) is 5.90 Å². The van der Waals surface area contributed by atoms with E-state index in [1.54, 1.807) is 0 Å². The van der Waals surface area contributed by atoms with E-state index in [4.69, 9.17) is 5.73 Å². The van der Waals surface area contributed by atoms with E-state index >= 15 is 0 Å². The lowest BCUT2D eigenvalue weighted by Gasteiger charge is -2.20. The van der Waals surface area contributed by atoms with Crippen molar-refractivity contribution < 1.29 is 32.8 Å². The van der Waals surface area contributed by atoms with Crippen molar-refractivity contribution in [1.82, 2.24) is 0 Å². The first-order valence-electron chi connectivity index (χ1n) is 6.41. The number of aromatic hydroxyl groups is 2. The number of benzene rings is 2. The summed E-state index contributed by atoms with van der Waals surface area (Å²) in [6.45, 7) is 0. The Hall–Kier alpha value is -2.79. The number of hydrogen-bond donors (Lipinski definition) is 4. The summed E-state index contributed by atoms with van der Waals surface area (Å²) >= 11 is 0. The van der Waals surface area contributed by atoms with Crippen molar-refractivity contribution in [3.05, 3.63) is 46.5 Å². The van der Waals surface area contributed by atoms with Gasteiger partial charge in [0.25, 0.3) is 0 Å². The summed E-state index contributed by atoms with van der Waals surface area (Å²) in [6, 6.07) is 5.73. The van der Waals surface area contributed by atoms with Crippen LogP contribution < -0.4 is 11.6 Å². The van der Waals surface area contributed by atoms with Crippen LogP contribution in [-0.2, 0) is 23.5 Å². The summed E-state index contributed by atoms with van der Waals surface area (Å²) in [6.07, 6.45) is 0. The summed E-state index contributed by atoms with van der Waals surface area (Å²) in [7, 11) is -4.80. The molecule has 0 aliphatic heterocycles. The highest BCUT2D eigenvalue weighted by Gasteiger charge is 2.48. The molecule has 3 rings (SSSR count). The molecule has 1 radical (unpaired) electrons. The maximum absolute atomic E-state index is 12.6. The zero-order valence-electron chi connectivity index (χ0n) is 11.8. The number of nitrogens with two attached hydrogens (primary N) is 2. The molecule has 0 saturated heterocycles. The first-order chi connectivity index (χ1) is 11.2. The number of hydrogen-bond acceptors (Lipinski definition) is 8. The normalized spacial score (nSPS) is 15.6. The SMILES string of the molecule is NO[S+]([O])(=O)c1c(O)c(N)c2c(c1O)C(=O)c1ccccc1C2=O. The van der Waals surface area contributed by atoms with E-state index in [1.807, 2.05) is 0 Å². The largest absolute Gasteiger partial charge is 0.503 e. The van der Waals surface area contributed by atoms with Crippen molar-refractivity contribution in [2.45, 2.75) is 4.90 Å². The summed E-state index contributed by atoms with van der Waals surface area (Å²) in [5.41, 5.74) is 3.83. The number of rotatable bonds is 2. The lowest BCUT2D eigenvalue weighted by Crippen LogP contribution is -2.25. The van der Waals surface area contributed by atoms with Gasteiger partial charge in [-0.05, 0) is 8.49 Å². The first kappa shape index (κ1) is 16.1. The Morgan fingerprint density at radius 3 is 1.96 bits per heavy atom. The lowest BCUT2D eigenvalue weighted by molar-refractivity contribution is 0.0976. The molecular weight excluding hydrogens is 340 g/mol. The predicted molar refractivity (Wildman–Crippen MR) is 79.8 cm³/mol. The minimum atomic E-state index is -4.80. The number of nitrogen functional groups attached to an aromatic ring is 1. The van der Waals surface area contributed by atoms with Crippen LogP contribution in [0.5, 0.6) is 11.5 Å². The Kier molecular flexibility index (Phi) is 3.42. The fourth-order valence-corrected chi connectivity index (χ4v) is 3.39. The van der Waals surface area contributed by atoms with E-state index in [2.05, 4.69) is 10.2 Å². The van der Waals surface area contributed by atoms with E-state index < -0.39 is 55.3 Å². The zero-order chi connectivity index (χ0) is 17.8. The number of ketones is 2. The van der Waals surface area contributed by atoms with Crippen molar-refractivity contribution in [2.24, 2.45) is 5.90 Å². The van der Waals surface area contributed by atoms with E-state index in [0.717, 1.165) is 0 Å².